The number of amides is 1. The van der Waals surface area contributed by atoms with Crippen molar-refractivity contribution in [2.24, 2.45) is 0 Å². The maximum Gasteiger partial charge on any atom is 0.253 e. The summed E-state index contributed by atoms with van der Waals surface area (Å²) in [6.07, 6.45) is -0.415. The highest BCUT2D eigenvalue weighted by Gasteiger charge is 2.26. The van der Waals surface area contributed by atoms with Crippen LogP contribution in [0.15, 0.2) is 59.4 Å². The van der Waals surface area contributed by atoms with Crippen LogP contribution in [0.25, 0.3) is 10.9 Å². The molecular formula is C21H21ClN2O3. The van der Waals surface area contributed by atoms with Gasteiger partial charge in [0.05, 0.1) is 12.1 Å². The summed E-state index contributed by atoms with van der Waals surface area (Å²) in [5, 5.41) is 11.8. The Morgan fingerprint density at radius 1 is 1.19 bits per heavy atom. The smallest absolute Gasteiger partial charge is 0.253 e. The van der Waals surface area contributed by atoms with Crippen LogP contribution in [0.5, 0.6) is 0 Å². The number of fused-ring (bicyclic) bond motifs is 1. The molecular weight excluding hydrogens is 364 g/mol. The Morgan fingerprint density at radius 2 is 1.85 bits per heavy atom. The van der Waals surface area contributed by atoms with E-state index in [9.17, 15) is 14.7 Å². The number of rotatable bonds is 5. The minimum Gasteiger partial charge on any atom is -0.391 e. The summed E-state index contributed by atoms with van der Waals surface area (Å²) in [4.78, 5) is 29.2. The molecule has 1 heterocycles. The number of para-hydroxylation sites is 1. The zero-order chi connectivity index (χ0) is 19.6. The fourth-order valence-corrected chi connectivity index (χ4v) is 3.37. The SMILES string of the molecule is CC(O)C(Cc1cc(=O)[nH]c2ccccc12)N(C)C(=O)c1ccc(Cl)cc1. The molecule has 3 rings (SSSR count). The summed E-state index contributed by atoms with van der Waals surface area (Å²) < 4.78 is 0. The van der Waals surface area contributed by atoms with Gasteiger partial charge >= 0.3 is 0 Å². The van der Waals surface area contributed by atoms with Gasteiger partial charge in [-0.25, -0.2) is 0 Å². The monoisotopic (exact) mass is 384 g/mol. The lowest BCUT2D eigenvalue weighted by molar-refractivity contribution is 0.0496. The molecule has 0 aliphatic rings. The first kappa shape index (κ1) is 19.1. The van der Waals surface area contributed by atoms with Crippen molar-refractivity contribution in [1.29, 1.82) is 0 Å². The third-order valence-corrected chi connectivity index (χ3v) is 4.98. The predicted molar refractivity (Wildman–Crippen MR) is 107 cm³/mol. The summed E-state index contributed by atoms with van der Waals surface area (Å²) in [6, 6.07) is 15.2. The highest BCUT2D eigenvalue weighted by Crippen LogP contribution is 2.20. The van der Waals surface area contributed by atoms with Crippen LogP contribution in [0.2, 0.25) is 5.02 Å². The highest BCUT2D eigenvalue weighted by molar-refractivity contribution is 6.30. The largest absolute Gasteiger partial charge is 0.391 e. The number of nitrogens with one attached hydrogen (secondary N) is 1. The number of halogens is 1. The van der Waals surface area contributed by atoms with Crippen molar-refractivity contribution < 1.29 is 9.90 Å². The van der Waals surface area contributed by atoms with Crippen LogP contribution in [0.4, 0.5) is 0 Å². The van der Waals surface area contributed by atoms with Gasteiger partial charge in [-0.15, -0.1) is 0 Å². The molecule has 140 valence electrons. The molecule has 0 bridgehead atoms. The van der Waals surface area contributed by atoms with Gasteiger partial charge in [0.1, 0.15) is 0 Å². The number of pyridine rings is 1. The molecule has 3 aromatic rings. The highest BCUT2D eigenvalue weighted by atomic mass is 35.5. The molecule has 6 heteroatoms. The molecule has 0 radical (unpaired) electrons. The van der Waals surface area contributed by atoms with Crippen LogP contribution in [-0.2, 0) is 6.42 Å². The Bertz CT molecular complexity index is 1010. The molecule has 1 amide bonds. The molecule has 2 N–H and O–H groups in total. The zero-order valence-corrected chi connectivity index (χ0v) is 15.9. The summed E-state index contributed by atoms with van der Waals surface area (Å²) in [6.45, 7) is 1.64. The van der Waals surface area contributed by atoms with E-state index in [1.165, 1.54) is 11.0 Å². The van der Waals surface area contributed by atoms with E-state index in [0.717, 1.165) is 16.5 Å². The van der Waals surface area contributed by atoms with Gasteiger partial charge in [-0.05, 0) is 49.2 Å². The molecule has 0 aliphatic heterocycles. The topological polar surface area (TPSA) is 73.4 Å². The summed E-state index contributed by atoms with van der Waals surface area (Å²) in [7, 11) is 1.66. The molecule has 0 aliphatic carbocycles. The molecule has 2 atom stereocenters. The average Bonchev–Trinajstić information content (AvgIpc) is 2.65. The van der Waals surface area contributed by atoms with Gasteiger partial charge in [-0.3, -0.25) is 9.59 Å². The number of hydrogen-bond acceptors (Lipinski definition) is 3. The first-order chi connectivity index (χ1) is 12.9. The Kier molecular flexibility index (Phi) is 5.63. The Balaban J connectivity index is 1.93. The fourth-order valence-electron chi connectivity index (χ4n) is 3.25. The molecule has 2 aromatic carbocycles. The molecule has 0 spiro atoms. The zero-order valence-electron chi connectivity index (χ0n) is 15.1. The van der Waals surface area contributed by atoms with Crippen LogP contribution in [0.1, 0.15) is 22.8 Å². The van der Waals surface area contributed by atoms with E-state index in [0.29, 0.717) is 17.0 Å². The first-order valence-corrected chi connectivity index (χ1v) is 9.06. The average molecular weight is 385 g/mol. The molecule has 1 aromatic heterocycles. The third kappa shape index (κ3) is 4.21. The number of aliphatic hydroxyl groups excluding tert-OH is 1. The maximum atomic E-state index is 12.8. The quantitative estimate of drug-likeness (QED) is 0.709. The van der Waals surface area contributed by atoms with Crippen molar-refractivity contribution in [2.75, 3.05) is 7.05 Å². The number of aromatic amines is 1. The predicted octanol–water partition coefficient (Wildman–Crippen LogP) is 3.25. The lowest BCUT2D eigenvalue weighted by Crippen LogP contribution is -2.45. The van der Waals surface area contributed by atoms with Crippen LogP contribution in [0, 0.1) is 0 Å². The number of carbonyl (C=O) groups is 1. The molecule has 0 saturated carbocycles. The van der Waals surface area contributed by atoms with Gasteiger partial charge < -0.3 is 15.0 Å². The third-order valence-electron chi connectivity index (χ3n) is 4.73. The van der Waals surface area contributed by atoms with E-state index in [1.807, 2.05) is 24.3 Å². The van der Waals surface area contributed by atoms with E-state index < -0.39 is 12.1 Å². The van der Waals surface area contributed by atoms with Gasteiger partial charge in [0, 0.05) is 34.6 Å². The number of nitrogens with zero attached hydrogens (tertiary/aromatic N) is 1. The van der Waals surface area contributed by atoms with E-state index in [-0.39, 0.29) is 11.5 Å². The van der Waals surface area contributed by atoms with Gasteiger partial charge in [0.25, 0.3) is 5.91 Å². The van der Waals surface area contributed by atoms with E-state index in [2.05, 4.69) is 4.98 Å². The van der Waals surface area contributed by atoms with Crippen molar-refractivity contribution in [2.45, 2.75) is 25.5 Å². The lowest BCUT2D eigenvalue weighted by atomic mass is 9.97. The van der Waals surface area contributed by atoms with Crippen LogP contribution < -0.4 is 5.56 Å². The summed E-state index contributed by atoms with van der Waals surface area (Å²) in [5.74, 6) is -0.216. The van der Waals surface area contributed by atoms with Crippen molar-refractivity contribution in [3.8, 4) is 0 Å². The van der Waals surface area contributed by atoms with E-state index in [4.69, 9.17) is 11.6 Å². The Hall–Kier alpha value is -2.63. The molecule has 27 heavy (non-hydrogen) atoms. The standard InChI is InChI=1S/C21H21ClN2O3/c1-13(25)19(24(2)21(27)14-7-9-16(22)10-8-14)11-15-12-20(26)23-18-6-4-3-5-17(15)18/h3-10,12-13,19,25H,11H2,1-2H3,(H,23,26). The minimum absolute atomic E-state index is 0.209. The number of likely N-dealkylation sites (N-methyl/N-ethyl adjacent to an activating group) is 1. The van der Waals surface area contributed by atoms with Gasteiger partial charge in [0.15, 0.2) is 0 Å². The number of carbonyl (C=O) groups excluding carboxylic acids is 1. The van der Waals surface area contributed by atoms with Gasteiger partial charge in [-0.2, -0.15) is 0 Å². The lowest BCUT2D eigenvalue weighted by Gasteiger charge is -2.31. The Labute approximate surface area is 162 Å². The second-order valence-electron chi connectivity index (χ2n) is 6.64. The molecule has 0 saturated heterocycles. The van der Waals surface area contributed by atoms with Gasteiger partial charge in [-0.1, -0.05) is 29.8 Å². The number of H-pyrrole nitrogens is 1. The number of aromatic nitrogens is 1. The maximum absolute atomic E-state index is 12.8. The normalized spacial score (nSPS) is 13.3. The van der Waals surface area contributed by atoms with Crippen molar-refractivity contribution >= 4 is 28.4 Å². The van der Waals surface area contributed by atoms with Crippen molar-refractivity contribution in [1.82, 2.24) is 9.88 Å². The summed E-state index contributed by atoms with van der Waals surface area (Å²) >= 11 is 5.89. The fraction of sp³-hybridized carbons (Fsp3) is 0.238. The number of benzene rings is 2. The van der Waals surface area contributed by atoms with Crippen LogP contribution in [0.3, 0.4) is 0 Å². The molecule has 5 nitrogen and oxygen atoms in total. The minimum atomic E-state index is -0.774. The second-order valence-corrected chi connectivity index (χ2v) is 7.08. The van der Waals surface area contributed by atoms with Crippen LogP contribution >= 0.6 is 11.6 Å². The van der Waals surface area contributed by atoms with E-state index >= 15 is 0 Å². The van der Waals surface area contributed by atoms with Crippen LogP contribution in [-0.4, -0.2) is 40.1 Å². The first-order valence-electron chi connectivity index (χ1n) is 8.68. The summed E-state index contributed by atoms with van der Waals surface area (Å²) in [5.41, 5.74) is 1.80. The van der Waals surface area contributed by atoms with Crippen molar-refractivity contribution in [3.63, 3.8) is 0 Å². The van der Waals surface area contributed by atoms with Crippen molar-refractivity contribution in [3.05, 3.63) is 81.1 Å². The molecule has 2 unspecified atom stereocenters. The number of hydrogen-bond donors (Lipinski definition) is 2. The second kappa shape index (κ2) is 7.94. The van der Waals surface area contributed by atoms with E-state index in [1.54, 1.807) is 38.2 Å². The molecule has 0 fully saturated rings. The Morgan fingerprint density at radius 3 is 2.52 bits per heavy atom. The number of aliphatic hydroxyl groups is 1. The van der Waals surface area contributed by atoms with Gasteiger partial charge in [0.2, 0.25) is 5.56 Å².